The summed E-state index contributed by atoms with van der Waals surface area (Å²) in [5.74, 6) is 1.31. The van der Waals surface area contributed by atoms with Crippen molar-refractivity contribution in [3.05, 3.63) is 28.6 Å². The van der Waals surface area contributed by atoms with Gasteiger partial charge in [0.05, 0.1) is 10.9 Å². The van der Waals surface area contributed by atoms with Crippen LogP contribution in [0.1, 0.15) is 19.8 Å². The predicted molar refractivity (Wildman–Crippen MR) is 77.4 cm³/mol. The van der Waals surface area contributed by atoms with E-state index in [0.29, 0.717) is 28.5 Å². The number of H-pyrrole nitrogens is 1. The van der Waals surface area contributed by atoms with Gasteiger partial charge >= 0.3 is 0 Å². The molecule has 0 amide bonds. The summed E-state index contributed by atoms with van der Waals surface area (Å²) in [6.45, 7) is 4.13. The Kier molecular flexibility index (Phi) is 2.89. The molecule has 5 heteroatoms. The summed E-state index contributed by atoms with van der Waals surface area (Å²) >= 11 is 0. The molecule has 1 aliphatic heterocycles. The molecule has 1 unspecified atom stereocenters. The number of aromatic amines is 1. The summed E-state index contributed by atoms with van der Waals surface area (Å²) in [6, 6.07) is 5.25. The van der Waals surface area contributed by atoms with Gasteiger partial charge in [-0.15, -0.1) is 0 Å². The molecule has 0 saturated carbocycles. The molecule has 1 aliphatic rings. The highest BCUT2D eigenvalue weighted by Crippen LogP contribution is 2.20. The van der Waals surface area contributed by atoms with Crippen molar-refractivity contribution >= 4 is 22.5 Å². The molecule has 1 saturated heterocycles. The van der Waals surface area contributed by atoms with Gasteiger partial charge in [0, 0.05) is 18.8 Å². The number of piperidine rings is 1. The van der Waals surface area contributed by atoms with Crippen molar-refractivity contribution < 1.29 is 0 Å². The fourth-order valence-corrected chi connectivity index (χ4v) is 2.68. The first-order valence-corrected chi connectivity index (χ1v) is 6.68. The molecule has 19 heavy (non-hydrogen) atoms. The molecule has 100 valence electrons. The molecule has 2 heterocycles. The van der Waals surface area contributed by atoms with Gasteiger partial charge in [-0.3, -0.25) is 9.78 Å². The highest BCUT2D eigenvalue weighted by Gasteiger charge is 2.18. The topological polar surface area (TPSA) is 75.0 Å². The summed E-state index contributed by atoms with van der Waals surface area (Å²) in [5, 5.41) is 0.550. The number of nitrogens with zero attached hydrogens (tertiary/aromatic N) is 2. The summed E-state index contributed by atoms with van der Waals surface area (Å²) in [6.07, 6.45) is 2.38. The summed E-state index contributed by atoms with van der Waals surface area (Å²) in [4.78, 5) is 21.7. The number of benzene rings is 1. The van der Waals surface area contributed by atoms with E-state index in [4.69, 9.17) is 5.73 Å². The minimum absolute atomic E-state index is 0.120. The molecule has 0 bridgehead atoms. The fraction of sp³-hybridized carbons (Fsp3) is 0.429. The van der Waals surface area contributed by atoms with Crippen LogP contribution in [0.4, 0.5) is 11.6 Å². The molecule has 3 rings (SSSR count). The highest BCUT2D eigenvalue weighted by molar-refractivity contribution is 5.81. The molecule has 3 N–H and O–H groups in total. The van der Waals surface area contributed by atoms with Gasteiger partial charge in [0.1, 0.15) is 0 Å². The lowest BCUT2D eigenvalue weighted by atomic mass is 10.0. The Morgan fingerprint density at radius 2 is 2.32 bits per heavy atom. The van der Waals surface area contributed by atoms with Crippen molar-refractivity contribution in [2.24, 2.45) is 5.92 Å². The standard InChI is InChI=1S/C14H18N4O/c1-9-3-2-6-18(8-9)14-16-12-5-4-10(15)7-11(12)13(19)17-14/h4-5,7,9H,2-3,6,8,15H2,1H3,(H,16,17,19). The van der Waals surface area contributed by atoms with Gasteiger partial charge in [0.25, 0.3) is 5.56 Å². The van der Waals surface area contributed by atoms with Crippen LogP contribution in [0.15, 0.2) is 23.0 Å². The maximum Gasteiger partial charge on any atom is 0.260 e. The Bertz CT molecular complexity index is 664. The van der Waals surface area contributed by atoms with E-state index in [1.807, 2.05) is 0 Å². The lowest BCUT2D eigenvalue weighted by Crippen LogP contribution is -2.36. The van der Waals surface area contributed by atoms with Gasteiger partial charge in [0.15, 0.2) is 0 Å². The third kappa shape index (κ3) is 2.28. The van der Waals surface area contributed by atoms with E-state index in [1.54, 1.807) is 18.2 Å². The summed E-state index contributed by atoms with van der Waals surface area (Å²) < 4.78 is 0. The third-order valence-corrected chi connectivity index (χ3v) is 3.67. The number of aromatic nitrogens is 2. The third-order valence-electron chi connectivity index (χ3n) is 3.67. The number of fused-ring (bicyclic) bond motifs is 1. The molecule has 1 atom stereocenters. The minimum atomic E-state index is -0.120. The summed E-state index contributed by atoms with van der Waals surface area (Å²) in [7, 11) is 0. The SMILES string of the molecule is CC1CCCN(c2nc3ccc(N)cc3c(=O)[nH]2)C1. The molecule has 1 fully saturated rings. The van der Waals surface area contributed by atoms with E-state index < -0.39 is 0 Å². The molecule has 0 radical (unpaired) electrons. The van der Waals surface area contributed by atoms with Crippen LogP contribution in [0.3, 0.4) is 0 Å². The molecule has 1 aromatic heterocycles. The average Bonchev–Trinajstić information content (AvgIpc) is 2.39. The smallest absolute Gasteiger partial charge is 0.260 e. The Hall–Kier alpha value is -2.04. The van der Waals surface area contributed by atoms with Crippen LogP contribution in [0, 0.1) is 5.92 Å². The van der Waals surface area contributed by atoms with Crippen molar-refractivity contribution in [2.45, 2.75) is 19.8 Å². The monoisotopic (exact) mass is 258 g/mol. The Balaban J connectivity index is 2.06. The van der Waals surface area contributed by atoms with Crippen molar-refractivity contribution in [3.8, 4) is 0 Å². The first-order chi connectivity index (χ1) is 9.13. The van der Waals surface area contributed by atoms with Crippen LogP contribution in [-0.4, -0.2) is 23.1 Å². The normalized spacial score (nSPS) is 19.8. The van der Waals surface area contributed by atoms with Crippen molar-refractivity contribution in [1.29, 1.82) is 0 Å². The number of nitrogens with one attached hydrogen (secondary N) is 1. The number of anilines is 2. The Morgan fingerprint density at radius 1 is 1.47 bits per heavy atom. The van der Waals surface area contributed by atoms with Crippen molar-refractivity contribution in [3.63, 3.8) is 0 Å². The van der Waals surface area contributed by atoms with E-state index in [2.05, 4.69) is 21.8 Å². The second-order valence-electron chi connectivity index (χ2n) is 5.36. The lowest BCUT2D eigenvalue weighted by Gasteiger charge is -2.31. The van der Waals surface area contributed by atoms with Gasteiger partial charge in [-0.1, -0.05) is 6.92 Å². The van der Waals surface area contributed by atoms with Crippen LogP contribution in [0.5, 0.6) is 0 Å². The van der Waals surface area contributed by atoms with Crippen LogP contribution >= 0.6 is 0 Å². The quantitative estimate of drug-likeness (QED) is 0.764. The number of rotatable bonds is 1. The average molecular weight is 258 g/mol. The largest absolute Gasteiger partial charge is 0.399 e. The van der Waals surface area contributed by atoms with Gasteiger partial charge in [-0.2, -0.15) is 0 Å². The number of hydrogen-bond acceptors (Lipinski definition) is 4. The predicted octanol–water partition coefficient (Wildman–Crippen LogP) is 1.74. The lowest BCUT2D eigenvalue weighted by molar-refractivity contribution is 0.442. The van der Waals surface area contributed by atoms with Crippen LogP contribution in [-0.2, 0) is 0 Å². The molecule has 0 spiro atoms. The van der Waals surface area contributed by atoms with E-state index in [-0.39, 0.29) is 5.56 Å². The zero-order chi connectivity index (χ0) is 13.4. The first kappa shape index (κ1) is 12.0. The number of nitrogens with two attached hydrogens (primary N) is 1. The maximum absolute atomic E-state index is 12.1. The van der Waals surface area contributed by atoms with Crippen molar-refractivity contribution in [1.82, 2.24) is 9.97 Å². The van der Waals surface area contributed by atoms with Gasteiger partial charge in [-0.05, 0) is 37.0 Å². The Morgan fingerprint density at radius 3 is 3.11 bits per heavy atom. The maximum atomic E-state index is 12.1. The van der Waals surface area contributed by atoms with E-state index in [0.717, 1.165) is 19.5 Å². The van der Waals surface area contributed by atoms with Crippen LogP contribution in [0.2, 0.25) is 0 Å². The van der Waals surface area contributed by atoms with Crippen LogP contribution in [0.25, 0.3) is 10.9 Å². The fourth-order valence-electron chi connectivity index (χ4n) is 2.68. The van der Waals surface area contributed by atoms with Crippen LogP contribution < -0.4 is 16.2 Å². The van der Waals surface area contributed by atoms with Gasteiger partial charge in [0.2, 0.25) is 5.95 Å². The van der Waals surface area contributed by atoms with Gasteiger partial charge < -0.3 is 10.6 Å². The highest BCUT2D eigenvalue weighted by atomic mass is 16.1. The first-order valence-electron chi connectivity index (χ1n) is 6.68. The second kappa shape index (κ2) is 4.57. The molecule has 0 aliphatic carbocycles. The minimum Gasteiger partial charge on any atom is -0.399 e. The molecule has 5 nitrogen and oxygen atoms in total. The molecular weight excluding hydrogens is 240 g/mol. The molecule has 2 aromatic rings. The second-order valence-corrected chi connectivity index (χ2v) is 5.36. The zero-order valence-corrected chi connectivity index (χ0v) is 11.0. The van der Waals surface area contributed by atoms with E-state index in [9.17, 15) is 4.79 Å². The number of hydrogen-bond donors (Lipinski definition) is 2. The number of nitrogen functional groups attached to an aromatic ring is 1. The molecular formula is C14H18N4O. The van der Waals surface area contributed by atoms with E-state index in [1.165, 1.54) is 6.42 Å². The Labute approximate surface area is 111 Å². The zero-order valence-electron chi connectivity index (χ0n) is 11.0. The summed E-state index contributed by atoms with van der Waals surface area (Å²) in [5.41, 5.74) is 6.86. The van der Waals surface area contributed by atoms with E-state index >= 15 is 0 Å². The molecule has 1 aromatic carbocycles. The van der Waals surface area contributed by atoms with Gasteiger partial charge in [-0.25, -0.2) is 4.98 Å². The van der Waals surface area contributed by atoms with Crippen molar-refractivity contribution in [2.75, 3.05) is 23.7 Å².